The minimum atomic E-state index is 0. The molecule has 0 unspecified atom stereocenters. The molecule has 0 N–H and O–H groups in total. The molecule has 0 atom stereocenters. The molecule has 3 heteroatoms. The Kier molecular flexibility index (Phi) is 11.3. The van der Waals surface area contributed by atoms with E-state index >= 15 is 0 Å². The third-order valence-corrected chi connectivity index (χ3v) is 7.10. The van der Waals surface area contributed by atoms with E-state index in [1.165, 1.54) is 47.3 Å². The molecule has 38 heavy (non-hydrogen) atoms. The predicted octanol–water partition coefficient (Wildman–Crippen LogP) is 9.92. The van der Waals surface area contributed by atoms with Gasteiger partial charge in [0.1, 0.15) is 0 Å². The Morgan fingerprint density at radius 3 is 1.37 bits per heavy atom. The maximum absolute atomic E-state index is 2.24. The van der Waals surface area contributed by atoms with Crippen molar-refractivity contribution in [3.63, 3.8) is 0 Å². The maximum Gasteiger partial charge on any atom is -0.0771 e. The minimum absolute atomic E-state index is 0. The summed E-state index contributed by atoms with van der Waals surface area (Å²) in [6.45, 7) is 0. The van der Waals surface area contributed by atoms with Gasteiger partial charge in [-0.25, -0.2) is 0 Å². The first-order valence-corrected chi connectivity index (χ1v) is 12.9. The van der Waals surface area contributed by atoms with Crippen LogP contribution < -0.4 is 0 Å². The van der Waals surface area contributed by atoms with Gasteiger partial charge in [0.25, 0.3) is 0 Å². The number of hydrogen-bond acceptors (Lipinski definition) is 0. The molecule has 0 nitrogen and oxygen atoms in total. The van der Waals surface area contributed by atoms with E-state index in [2.05, 4.69) is 166 Å². The topological polar surface area (TPSA) is 0 Å². The third-order valence-electron chi connectivity index (χ3n) is 6.20. The van der Waals surface area contributed by atoms with Crippen molar-refractivity contribution in [1.29, 1.82) is 0 Å². The molecule has 0 aliphatic rings. The first-order valence-electron chi connectivity index (χ1n) is 12.1. The second-order valence-electron chi connectivity index (χ2n) is 8.58. The van der Waals surface area contributed by atoms with Crippen molar-refractivity contribution in [2.75, 3.05) is 0 Å². The molecule has 0 radical (unpaired) electrons. The fourth-order valence-corrected chi connectivity index (χ4v) is 4.87. The molecule has 0 spiro atoms. The van der Waals surface area contributed by atoms with Gasteiger partial charge in [0, 0.05) is 0 Å². The van der Waals surface area contributed by atoms with Crippen molar-refractivity contribution in [3.05, 3.63) is 169 Å². The molecule has 7 rings (SSSR count). The van der Waals surface area contributed by atoms with E-state index in [0.717, 1.165) is 0 Å². The van der Waals surface area contributed by atoms with Crippen LogP contribution in [0.25, 0.3) is 32.3 Å². The van der Waals surface area contributed by atoms with Crippen LogP contribution in [0.4, 0.5) is 0 Å². The van der Waals surface area contributed by atoms with Gasteiger partial charge in [0.2, 0.25) is 0 Å². The van der Waals surface area contributed by atoms with E-state index in [1.807, 2.05) is 12.1 Å². The van der Waals surface area contributed by atoms with E-state index in [-0.39, 0.29) is 24.8 Å². The van der Waals surface area contributed by atoms with Crippen LogP contribution in [0, 0.1) is 0 Å². The van der Waals surface area contributed by atoms with Crippen LogP contribution in [-0.4, -0.2) is 3.81 Å². The molecule has 7 aromatic carbocycles. The van der Waals surface area contributed by atoms with Crippen molar-refractivity contribution in [3.8, 4) is 0 Å². The van der Waals surface area contributed by atoms with Crippen LogP contribution in [0.15, 0.2) is 158 Å². The molecular weight excluding hydrogens is 539 g/mol. The van der Waals surface area contributed by atoms with Gasteiger partial charge in [-0.1, -0.05) is 42.5 Å². The van der Waals surface area contributed by atoms with E-state index in [0.29, 0.717) is 0 Å². The molecule has 0 aliphatic heterocycles. The van der Waals surface area contributed by atoms with E-state index in [4.69, 9.17) is 0 Å². The number of halogens is 2. The minimum Gasteiger partial charge on any atom is -0.168 e. The van der Waals surface area contributed by atoms with Crippen LogP contribution in [0.2, 0.25) is 0 Å². The van der Waals surface area contributed by atoms with Crippen LogP contribution >= 0.6 is 24.8 Å². The Hall–Kier alpha value is -3.26. The second-order valence-corrected chi connectivity index (χ2v) is 9.36. The summed E-state index contributed by atoms with van der Waals surface area (Å²) < 4.78 is 1.33. The summed E-state index contributed by atoms with van der Waals surface area (Å²) in [4.78, 5) is 0. The zero-order valence-corrected chi connectivity index (χ0v) is 24.0. The van der Waals surface area contributed by atoms with Gasteiger partial charge in [-0.2, -0.15) is 17.5 Å². The second kappa shape index (κ2) is 14.6. The number of fused-ring (bicyclic) bond motifs is 4. The van der Waals surface area contributed by atoms with Crippen LogP contribution in [-0.2, 0) is 20.0 Å². The van der Waals surface area contributed by atoms with E-state index < -0.39 is 0 Å². The van der Waals surface area contributed by atoms with Crippen molar-refractivity contribution in [2.45, 2.75) is 0 Å². The van der Waals surface area contributed by atoms with Gasteiger partial charge in [0.15, 0.2) is 0 Å². The molecule has 186 valence electrons. The van der Waals surface area contributed by atoms with Crippen molar-refractivity contribution in [1.82, 2.24) is 0 Å². The molecule has 0 heterocycles. The van der Waals surface area contributed by atoms with E-state index in [9.17, 15) is 0 Å². The number of hydrogen-bond donors (Lipinski definition) is 0. The molecule has 0 aliphatic carbocycles. The summed E-state index contributed by atoms with van der Waals surface area (Å²) in [6, 6.07) is 54.9. The van der Waals surface area contributed by atoms with Crippen molar-refractivity contribution >= 4 is 60.9 Å². The average Bonchev–Trinajstić information content (AvgIpc) is 3.59. The summed E-state index contributed by atoms with van der Waals surface area (Å²) in [5.74, 6) is 0. The van der Waals surface area contributed by atoms with E-state index in [1.54, 1.807) is 0 Å². The first-order chi connectivity index (χ1) is 17.8. The zero-order valence-electron chi connectivity index (χ0n) is 20.8. The SMILES string of the molecule is Cl.Cl.[Ti+2]=[C](c1ccccc1)c1ccccc1.c1ccc2[cH-]ccc2c1.c1ccc2c(c1)[cH-]c1ccccc12. The Balaban J connectivity index is 0.000000157. The summed E-state index contributed by atoms with van der Waals surface area (Å²) in [5, 5.41) is 8.05. The summed E-state index contributed by atoms with van der Waals surface area (Å²) in [5.41, 5.74) is 2.58. The Labute approximate surface area is 248 Å². The quantitative estimate of drug-likeness (QED) is 0.144. The van der Waals surface area contributed by atoms with Crippen molar-refractivity contribution in [2.24, 2.45) is 0 Å². The molecular formula is C35H28Cl2Ti. The summed E-state index contributed by atoms with van der Waals surface area (Å²) >= 11 is 2.16. The Morgan fingerprint density at radius 1 is 0.447 bits per heavy atom. The Morgan fingerprint density at radius 2 is 0.868 bits per heavy atom. The molecule has 0 amide bonds. The summed E-state index contributed by atoms with van der Waals surface area (Å²) in [7, 11) is 0. The molecule has 0 fully saturated rings. The molecule has 0 saturated heterocycles. The monoisotopic (exact) mass is 566 g/mol. The largest absolute Gasteiger partial charge is 0.168 e. The van der Waals surface area contributed by atoms with Gasteiger partial charge in [0.05, 0.1) is 0 Å². The van der Waals surface area contributed by atoms with Gasteiger partial charge in [-0.15, -0.1) is 94.2 Å². The number of benzene rings is 5. The molecule has 0 saturated carbocycles. The van der Waals surface area contributed by atoms with Crippen molar-refractivity contribution < 1.29 is 20.0 Å². The smallest absolute Gasteiger partial charge is 0.0771 e. The normalized spacial score (nSPS) is 9.84. The number of rotatable bonds is 2. The first kappa shape index (κ1) is 29.3. The zero-order chi connectivity index (χ0) is 24.6. The predicted molar refractivity (Wildman–Crippen MR) is 167 cm³/mol. The van der Waals surface area contributed by atoms with Crippen LogP contribution in [0.1, 0.15) is 11.1 Å². The molecule has 0 aromatic heterocycles. The van der Waals surface area contributed by atoms with Crippen LogP contribution in [0.3, 0.4) is 0 Å². The Bertz CT molecular complexity index is 1570. The average molecular weight is 567 g/mol. The molecule has 0 bridgehead atoms. The fraction of sp³-hybridized carbons (Fsp3) is 0. The fourth-order valence-electron chi connectivity index (χ4n) is 4.35. The molecule has 7 aromatic rings. The van der Waals surface area contributed by atoms with Gasteiger partial charge in [-0.3, -0.25) is 0 Å². The third kappa shape index (κ3) is 7.19. The van der Waals surface area contributed by atoms with Gasteiger partial charge >= 0.3 is 95.6 Å². The maximum atomic E-state index is 2.24. The standard InChI is InChI=1S/C13H9.C13H10.C9H7.2ClH.Ti/c1-3-7-12-10(5-1)9-11-6-2-4-8-13(11)12;1-3-7-12(8-4-1)11-13-9-5-2-6-10-13;1-2-5-9-7-3-6-8(9)4-1;;;/h1-9H;1-10H;1-7H;2*1H;/q-1;;-1;;;+2. The van der Waals surface area contributed by atoms with Crippen LogP contribution in [0.5, 0.6) is 0 Å². The van der Waals surface area contributed by atoms with Gasteiger partial charge in [-0.05, 0) is 0 Å². The van der Waals surface area contributed by atoms with Gasteiger partial charge < -0.3 is 0 Å². The summed E-state index contributed by atoms with van der Waals surface area (Å²) in [6.07, 6.45) is 0.